The van der Waals surface area contributed by atoms with E-state index >= 15 is 0 Å². The minimum atomic E-state index is -2.07. The van der Waals surface area contributed by atoms with Crippen LogP contribution in [0.15, 0.2) is 18.2 Å². The van der Waals surface area contributed by atoms with E-state index in [4.69, 9.17) is 10.2 Å². The molecule has 0 spiro atoms. The van der Waals surface area contributed by atoms with Gasteiger partial charge in [-0.1, -0.05) is 0 Å². The van der Waals surface area contributed by atoms with Crippen LogP contribution in [-0.2, 0) is 4.79 Å². The Bertz CT molecular complexity index is 379. The van der Waals surface area contributed by atoms with Gasteiger partial charge in [0.15, 0.2) is 6.10 Å². The molecule has 1 rings (SSSR count). The van der Waals surface area contributed by atoms with Gasteiger partial charge in [-0.3, -0.25) is 0 Å². The third kappa shape index (κ3) is 2.42. The van der Waals surface area contributed by atoms with Crippen molar-refractivity contribution in [1.29, 1.82) is 0 Å². The first-order valence-corrected chi connectivity index (χ1v) is 4.01. The Morgan fingerprint density at radius 1 is 1.33 bits per heavy atom. The van der Waals surface area contributed by atoms with E-state index in [1.165, 1.54) is 0 Å². The third-order valence-electron chi connectivity index (χ3n) is 1.86. The summed E-state index contributed by atoms with van der Waals surface area (Å²) in [5.41, 5.74) is -0.244. The molecule has 82 valence electrons. The second-order valence-electron chi connectivity index (χ2n) is 2.93. The number of carbonyl (C=O) groups is 1. The van der Waals surface area contributed by atoms with Gasteiger partial charge >= 0.3 is 5.97 Å². The standard InChI is InChI=1S/C9H9FO5/c10-4-1-2-5(6(11)3-4)7(12)8(13)9(14)15/h1-3,7-8,11-13H,(H,14,15). The average molecular weight is 216 g/mol. The van der Waals surface area contributed by atoms with Gasteiger partial charge in [0.25, 0.3) is 0 Å². The van der Waals surface area contributed by atoms with Crippen LogP contribution in [0, 0.1) is 5.82 Å². The van der Waals surface area contributed by atoms with Gasteiger partial charge in [0.2, 0.25) is 0 Å². The van der Waals surface area contributed by atoms with Crippen molar-refractivity contribution in [3.8, 4) is 5.75 Å². The first-order chi connectivity index (χ1) is 6.93. The number of phenols is 1. The lowest BCUT2D eigenvalue weighted by molar-refractivity contribution is -0.153. The molecule has 0 fully saturated rings. The SMILES string of the molecule is O=C(O)C(O)C(O)c1ccc(F)cc1O. The van der Waals surface area contributed by atoms with Crippen LogP contribution in [0.5, 0.6) is 5.75 Å². The van der Waals surface area contributed by atoms with Crippen molar-refractivity contribution < 1.29 is 29.6 Å². The number of phenolic OH excluding ortho intramolecular Hbond substituents is 1. The first-order valence-electron chi connectivity index (χ1n) is 4.01. The highest BCUT2D eigenvalue weighted by molar-refractivity contribution is 5.73. The number of carboxylic acid groups (broad SMARTS) is 1. The van der Waals surface area contributed by atoms with Crippen LogP contribution in [0.1, 0.15) is 11.7 Å². The molecule has 4 N–H and O–H groups in total. The highest BCUT2D eigenvalue weighted by Crippen LogP contribution is 2.27. The summed E-state index contributed by atoms with van der Waals surface area (Å²) >= 11 is 0. The summed E-state index contributed by atoms with van der Waals surface area (Å²) in [6.45, 7) is 0. The number of aliphatic hydroxyl groups excluding tert-OH is 2. The molecule has 0 radical (unpaired) electrons. The van der Waals surface area contributed by atoms with Crippen molar-refractivity contribution in [3.05, 3.63) is 29.6 Å². The Kier molecular flexibility index (Phi) is 3.23. The molecule has 2 atom stereocenters. The van der Waals surface area contributed by atoms with E-state index in [2.05, 4.69) is 0 Å². The second kappa shape index (κ2) is 4.24. The Morgan fingerprint density at radius 2 is 1.93 bits per heavy atom. The Hall–Kier alpha value is -1.66. The topological polar surface area (TPSA) is 98.0 Å². The molecule has 0 saturated heterocycles. The van der Waals surface area contributed by atoms with Crippen molar-refractivity contribution in [3.63, 3.8) is 0 Å². The second-order valence-corrected chi connectivity index (χ2v) is 2.93. The van der Waals surface area contributed by atoms with E-state index in [-0.39, 0.29) is 5.56 Å². The van der Waals surface area contributed by atoms with Crippen LogP contribution in [0.2, 0.25) is 0 Å². The van der Waals surface area contributed by atoms with Crippen molar-refractivity contribution in [2.45, 2.75) is 12.2 Å². The quantitative estimate of drug-likeness (QED) is 0.570. The lowest BCUT2D eigenvalue weighted by atomic mass is 10.0. The molecule has 0 aliphatic carbocycles. The van der Waals surface area contributed by atoms with Gasteiger partial charge < -0.3 is 20.4 Å². The van der Waals surface area contributed by atoms with E-state index in [9.17, 15) is 19.4 Å². The molecule has 1 aromatic rings. The summed E-state index contributed by atoms with van der Waals surface area (Å²) in [7, 11) is 0. The fraction of sp³-hybridized carbons (Fsp3) is 0.222. The molecule has 0 heterocycles. The van der Waals surface area contributed by atoms with E-state index in [1.54, 1.807) is 0 Å². The zero-order valence-corrected chi connectivity index (χ0v) is 7.46. The summed E-state index contributed by atoms with van der Waals surface area (Å²) < 4.78 is 12.6. The lowest BCUT2D eigenvalue weighted by Gasteiger charge is -2.15. The molecule has 15 heavy (non-hydrogen) atoms. The van der Waals surface area contributed by atoms with Crippen molar-refractivity contribution in [1.82, 2.24) is 0 Å². The fourth-order valence-electron chi connectivity index (χ4n) is 1.07. The minimum Gasteiger partial charge on any atom is -0.507 e. The summed E-state index contributed by atoms with van der Waals surface area (Å²) in [5.74, 6) is -2.97. The maximum atomic E-state index is 12.6. The maximum Gasteiger partial charge on any atom is 0.335 e. The summed E-state index contributed by atoms with van der Waals surface area (Å²) in [6.07, 6.45) is -3.87. The van der Waals surface area contributed by atoms with Crippen LogP contribution < -0.4 is 0 Å². The van der Waals surface area contributed by atoms with Gasteiger partial charge in [-0.25, -0.2) is 9.18 Å². The molecule has 2 unspecified atom stereocenters. The number of aromatic hydroxyl groups is 1. The molecule has 0 bridgehead atoms. The predicted octanol–water partition coefficient (Wildman–Crippen LogP) is 0.0102. The van der Waals surface area contributed by atoms with Gasteiger partial charge in [0, 0.05) is 11.6 Å². The van der Waals surface area contributed by atoms with Crippen LogP contribution in [0.4, 0.5) is 4.39 Å². The van der Waals surface area contributed by atoms with Crippen molar-refractivity contribution >= 4 is 5.97 Å². The molecule has 1 aromatic carbocycles. The van der Waals surface area contributed by atoms with Gasteiger partial charge in [-0.05, 0) is 12.1 Å². The van der Waals surface area contributed by atoms with Crippen molar-refractivity contribution in [2.24, 2.45) is 0 Å². The minimum absolute atomic E-state index is 0.244. The monoisotopic (exact) mass is 216 g/mol. The average Bonchev–Trinajstić information content (AvgIpc) is 2.15. The van der Waals surface area contributed by atoms with Crippen LogP contribution >= 0.6 is 0 Å². The smallest absolute Gasteiger partial charge is 0.335 e. The molecule has 6 heteroatoms. The molecular weight excluding hydrogens is 207 g/mol. The number of halogens is 1. The number of hydrogen-bond acceptors (Lipinski definition) is 4. The number of benzene rings is 1. The molecule has 0 aliphatic heterocycles. The number of carboxylic acids is 1. The van der Waals surface area contributed by atoms with Gasteiger partial charge in [-0.15, -0.1) is 0 Å². The van der Waals surface area contributed by atoms with Gasteiger partial charge in [-0.2, -0.15) is 0 Å². The maximum absolute atomic E-state index is 12.6. The van der Waals surface area contributed by atoms with E-state index < -0.39 is 29.7 Å². The summed E-state index contributed by atoms with van der Waals surface area (Å²) in [6, 6.07) is 2.65. The highest BCUT2D eigenvalue weighted by Gasteiger charge is 2.27. The van der Waals surface area contributed by atoms with Crippen LogP contribution in [0.25, 0.3) is 0 Å². The molecule has 0 aliphatic rings. The van der Waals surface area contributed by atoms with E-state index in [0.29, 0.717) is 6.07 Å². The summed E-state index contributed by atoms with van der Waals surface area (Å²) in [5, 5.41) is 35.9. The molecule has 0 saturated carbocycles. The summed E-state index contributed by atoms with van der Waals surface area (Å²) in [4.78, 5) is 10.3. The lowest BCUT2D eigenvalue weighted by Crippen LogP contribution is -2.27. The zero-order chi connectivity index (χ0) is 11.6. The fourth-order valence-corrected chi connectivity index (χ4v) is 1.07. The van der Waals surface area contributed by atoms with Crippen LogP contribution in [-0.4, -0.2) is 32.5 Å². The number of hydrogen-bond donors (Lipinski definition) is 4. The predicted molar refractivity (Wildman–Crippen MR) is 46.7 cm³/mol. The largest absolute Gasteiger partial charge is 0.507 e. The number of aliphatic hydroxyl groups is 2. The molecule has 5 nitrogen and oxygen atoms in total. The highest BCUT2D eigenvalue weighted by atomic mass is 19.1. The van der Waals surface area contributed by atoms with Crippen molar-refractivity contribution in [2.75, 3.05) is 0 Å². The Balaban J connectivity index is 3.01. The number of aliphatic carboxylic acids is 1. The Labute approximate surface area is 84.0 Å². The zero-order valence-electron chi connectivity index (χ0n) is 7.46. The van der Waals surface area contributed by atoms with E-state index in [0.717, 1.165) is 12.1 Å². The number of rotatable bonds is 3. The van der Waals surface area contributed by atoms with Gasteiger partial charge in [0.05, 0.1) is 0 Å². The molecule has 0 aromatic heterocycles. The molecular formula is C9H9FO5. The third-order valence-corrected chi connectivity index (χ3v) is 1.86. The molecule has 0 amide bonds. The van der Waals surface area contributed by atoms with Crippen LogP contribution in [0.3, 0.4) is 0 Å². The Morgan fingerprint density at radius 3 is 2.40 bits per heavy atom. The normalized spacial score (nSPS) is 14.6. The first kappa shape index (κ1) is 11.4. The van der Waals surface area contributed by atoms with E-state index in [1.807, 2.05) is 0 Å². The van der Waals surface area contributed by atoms with Gasteiger partial charge in [0.1, 0.15) is 17.7 Å².